The third-order valence-electron chi connectivity index (χ3n) is 3.40. The van der Waals surface area contributed by atoms with Gasteiger partial charge in [-0.1, -0.05) is 13.8 Å². The van der Waals surface area contributed by atoms with Crippen LogP contribution in [-0.2, 0) is 4.79 Å². The van der Waals surface area contributed by atoms with E-state index >= 15 is 0 Å². The van der Waals surface area contributed by atoms with Crippen molar-refractivity contribution in [1.82, 2.24) is 30.2 Å². The summed E-state index contributed by atoms with van der Waals surface area (Å²) >= 11 is 0. The first-order valence-electron chi connectivity index (χ1n) is 7.55. The Kier molecular flexibility index (Phi) is 4.92. The minimum Gasteiger partial charge on any atom is -0.357 e. The lowest BCUT2D eigenvalue weighted by atomic mass is 10.0. The molecular formula is C15H22N6O2. The molecule has 0 saturated carbocycles. The molecule has 0 fully saturated rings. The monoisotopic (exact) mass is 318 g/mol. The first-order valence-corrected chi connectivity index (χ1v) is 7.55. The van der Waals surface area contributed by atoms with Crippen molar-refractivity contribution in [3.63, 3.8) is 0 Å². The number of aryl methyl sites for hydroxylation is 2. The summed E-state index contributed by atoms with van der Waals surface area (Å²) < 4.78 is 1.51. The Morgan fingerprint density at radius 1 is 1.26 bits per heavy atom. The molecule has 0 radical (unpaired) electrons. The van der Waals surface area contributed by atoms with Gasteiger partial charge < -0.3 is 10.6 Å². The Morgan fingerprint density at radius 3 is 2.57 bits per heavy atom. The summed E-state index contributed by atoms with van der Waals surface area (Å²) in [6.07, 6.45) is 0.537. The number of nitrogens with one attached hydrogen (secondary N) is 2. The van der Waals surface area contributed by atoms with Crippen LogP contribution < -0.4 is 10.6 Å². The number of hydrogen-bond donors (Lipinski definition) is 2. The zero-order chi connectivity index (χ0) is 17.1. The molecule has 2 aromatic heterocycles. The Balaban J connectivity index is 2.25. The van der Waals surface area contributed by atoms with E-state index in [-0.39, 0.29) is 17.6 Å². The highest BCUT2D eigenvalue weighted by Crippen LogP contribution is 2.08. The van der Waals surface area contributed by atoms with Crippen LogP contribution in [0.1, 0.15) is 42.3 Å². The SMILES string of the molecule is CNC(=O)[C@@H](CC(C)C)NC(=O)c1nc2nc(C)cc(C)n2n1. The van der Waals surface area contributed by atoms with Crippen LogP contribution in [0.5, 0.6) is 0 Å². The molecule has 2 heterocycles. The van der Waals surface area contributed by atoms with E-state index in [2.05, 4.69) is 25.7 Å². The zero-order valence-electron chi connectivity index (χ0n) is 14.0. The normalized spacial score (nSPS) is 12.4. The molecule has 0 aliphatic heterocycles. The molecule has 23 heavy (non-hydrogen) atoms. The van der Waals surface area contributed by atoms with Crippen LogP contribution >= 0.6 is 0 Å². The summed E-state index contributed by atoms with van der Waals surface area (Å²) in [6.45, 7) is 7.69. The summed E-state index contributed by atoms with van der Waals surface area (Å²) in [5.74, 6) is -0.0854. The van der Waals surface area contributed by atoms with Crippen molar-refractivity contribution < 1.29 is 9.59 Å². The number of fused-ring (bicyclic) bond motifs is 1. The lowest BCUT2D eigenvalue weighted by Gasteiger charge is -2.18. The highest BCUT2D eigenvalue weighted by molar-refractivity contribution is 5.95. The summed E-state index contributed by atoms with van der Waals surface area (Å²) in [7, 11) is 1.54. The molecule has 0 bridgehead atoms. The first kappa shape index (κ1) is 16.9. The first-order chi connectivity index (χ1) is 10.8. The molecule has 0 aromatic carbocycles. The van der Waals surface area contributed by atoms with E-state index < -0.39 is 11.9 Å². The average Bonchev–Trinajstić information content (AvgIpc) is 2.89. The summed E-state index contributed by atoms with van der Waals surface area (Å²) in [6, 6.07) is 1.24. The van der Waals surface area contributed by atoms with Gasteiger partial charge in [-0.15, -0.1) is 5.10 Å². The topological polar surface area (TPSA) is 101 Å². The smallest absolute Gasteiger partial charge is 0.291 e. The predicted octanol–water partition coefficient (Wildman–Crippen LogP) is 0.632. The fourth-order valence-corrected chi connectivity index (χ4v) is 2.36. The Bertz CT molecular complexity index is 737. The predicted molar refractivity (Wildman–Crippen MR) is 85.0 cm³/mol. The molecular weight excluding hydrogens is 296 g/mol. The second-order valence-corrected chi connectivity index (χ2v) is 5.96. The molecule has 124 valence electrons. The van der Waals surface area contributed by atoms with Crippen LogP contribution in [0.3, 0.4) is 0 Å². The maximum Gasteiger partial charge on any atom is 0.291 e. The van der Waals surface area contributed by atoms with Gasteiger partial charge in [-0.2, -0.15) is 4.98 Å². The summed E-state index contributed by atoms with van der Waals surface area (Å²) in [5.41, 5.74) is 1.64. The van der Waals surface area contributed by atoms with E-state index in [0.717, 1.165) is 11.4 Å². The summed E-state index contributed by atoms with van der Waals surface area (Å²) in [5, 5.41) is 9.42. The minimum atomic E-state index is -0.616. The number of hydrogen-bond acceptors (Lipinski definition) is 5. The van der Waals surface area contributed by atoms with Crippen molar-refractivity contribution in [2.24, 2.45) is 5.92 Å². The Labute approximate surface area is 134 Å². The molecule has 1 atom stereocenters. The van der Waals surface area contributed by atoms with E-state index in [1.165, 1.54) is 4.52 Å². The van der Waals surface area contributed by atoms with Crippen LogP contribution in [-0.4, -0.2) is 44.5 Å². The van der Waals surface area contributed by atoms with Gasteiger partial charge in [-0.3, -0.25) is 9.59 Å². The van der Waals surface area contributed by atoms with Gasteiger partial charge in [0.1, 0.15) is 6.04 Å². The van der Waals surface area contributed by atoms with E-state index in [4.69, 9.17) is 0 Å². The molecule has 2 rings (SSSR count). The van der Waals surface area contributed by atoms with Gasteiger partial charge in [0, 0.05) is 18.4 Å². The Morgan fingerprint density at radius 2 is 1.96 bits per heavy atom. The van der Waals surface area contributed by atoms with Crippen molar-refractivity contribution >= 4 is 17.6 Å². The van der Waals surface area contributed by atoms with Gasteiger partial charge in [-0.25, -0.2) is 9.50 Å². The average molecular weight is 318 g/mol. The van der Waals surface area contributed by atoms with Gasteiger partial charge in [0.25, 0.3) is 11.7 Å². The number of aromatic nitrogens is 4. The Hall–Kier alpha value is -2.51. The summed E-state index contributed by atoms with van der Waals surface area (Å²) in [4.78, 5) is 32.7. The zero-order valence-corrected chi connectivity index (χ0v) is 14.0. The highest BCUT2D eigenvalue weighted by Gasteiger charge is 2.24. The second kappa shape index (κ2) is 6.72. The van der Waals surface area contributed by atoms with Gasteiger partial charge in [-0.05, 0) is 32.3 Å². The second-order valence-electron chi connectivity index (χ2n) is 5.96. The van der Waals surface area contributed by atoms with Crippen LogP contribution in [0.4, 0.5) is 0 Å². The van der Waals surface area contributed by atoms with Crippen LogP contribution in [0, 0.1) is 19.8 Å². The molecule has 8 heteroatoms. The van der Waals surface area contributed by atoms with Crippen molar-refractivity contribution in [3.05, 3.63) is 23.3 Å². The number of nitrogens with zero attached hydrogens (tertiary/aromatic N) is 4. The number of carbonyl (C=O) groups excluding carboxylic acids is 2. The van der Waals surface area contributed by atoms with E-state index in [1.807, 2.05) is 33.8 Å². The van der Waals surface area contributed by atoms with Crippen LogP contribution in [0.2, 0.25) is 0 Å². The quantitative estimate of drug-likeness (QED) is 0.842. The van der Waals surface area contributed by atoms with E-state index in [9.17, 15) is 9.59 Å². The maximum absolute atomic E-state index is 12.4. The molecule has 2 aromatic rings. The lowest BCUT2D eigenvalue weighted by Crippen LogP contribution is -2.46. The van der Waals surface area contributed by atoms with Crippen LogP contribution in [0.25, 0.3) is 5.78 Å². The third-order valence-corrected chi connectivity index (χ3v) is 3.40. The molecule has 0 spiro atoms. The molecule has 2 N–H and O–H groups in total. The van der Waals surface area contributed by atoms with Crippen LogP contribution in [0.15, 0.2) is 6.07 Å². The van der Waals surface area contributed by atoms with Gasteiger partial charge in [0.05, 0.1) is 0 Å². The molecule has 0 saturated heterocycles. The van der Waals surface area contributed by atoms with Gasteiger partial charge >= 0.3 is 0 Å². The van der Waals surface area contributed by atoms with Crippen molar-refractivity contribution in [3.8, 4) is 0 Å². The largest absolute Gasteiger partial charge is 0.357 e. The van der Waals surface area contributed by atoms with Crippen molar-refractivity contribution in [1.29, 1.82) is 0 Å². The number of rotatable bonds is 5. The molecule has 0 aliphatic carbocycles. The minimum absolute atomic E-state index is 0.00357. The fraction of sp³-hybridized carbons (Fsp3) is 0.533. The molecule has 0 aliphatic rings. The van der Waals surface area contributed by atoms with E-state index in [1.54, 1.807) is 7.05 Å². The third kappa shape index (κ3) is 3.82. The molecule has 2 amide bonds. The lowest BCUT2D eigenvalue weighted by molar-refractivity contribution is -0.122. The standard InChI is InChI=1S/C15H22N6O2/c1-8(2)6-11(13(22)16-5)18-14(23)12-19-15-17-9(3)7-10(4)21(15)20-12/h7-8,11H,6H2,1-5H3,(H,16,22)(H,18,23)/t11-/m1/s1. The fourth-order valence-electron chi connectivity index (χ4n) is 2.36. The number of amides is 2. The molecule has 0 unspecified atom stereocenters. The maximum atomic E-state index is 12.4. The highest BCUT2D eigenvalue weighted by atomic mass is 16.2. The van der Waals surface area contributed by atoms with E-state index in [0.29, 0.717) is 12.2 Å². The van der Waals surface area contributed by atoms with Crippen molar-refractivity contribution in [2.75, 3.05) is 7.05 Å². The number of likely N-dealkylation sites (N-methyl/N-ethyl adjacent to an activating group) is 1. The van der Waals surface area contributed by atoms with Crippen molar-refractivity contribution in [2.45, 2.75) is 40.2 Å². The molecule has 8 nitrogen and oxygen atoms in total. The number of carbonyl (C=O) groups is 2. The van der Waals surface area contributed by atoms with Gasteiger partial charge in [0.2, 0.25) is 11.7 Å². The van der Waals surface area contributed by atoms with Gasteiger partial charge in [0.15, 0.2) is 0 Å².